The quantitative estimate of drug-likeness (QED) is 0.849. The van der Waals surface area contributed by atoms with E-state index in [-0.39, 0.29) is 28.8 Å². The van der Waals surface area contributed by atoms with Gasteiger partial charge in [0.2, 0.25) is 0 Å². The molecule has 1 rings (SSSR count). The molecule has 0 aliphatic rings. The summed E-state index contributed by atoms with van der Waals surface area (Å²) < 4.78 is 19.1. The van der Waals surface area contributed by atoms with Crippen molar-refractivity contribution in [3.05, 3.63) is 35.3 Å². The molecule has 0 unspecified atom stereocenters. The van der Waals surface area contributed by atoms with Gasteiger partial charge in [0.25, 0.3) is 0 Å². The molecule has 0 saturated carbocycles. The van der Waals surface area contributed by atoms with Gasteiger partial charge in [-0.25, -0.2) is 4.39 Å². The van der Waals surface area contributed by atoms with Crippen LogP contribution in [0, 0.1) is 39.8 Å². The number of ether oxygens (including phenoxy) is 1. The number of halogens is 1. The first kappa shape index (κ1) is 15.0. The highest BCUT2D eigenvalue weighted by Crippen LogP contribution is 2.30. The molecule has 0 radical (unpaired) electrons. The zero-order valence-electron chi connectivity index (χ0n) is 10.9. The molecule has 5 nitrogen and oxygen atoms in total. The van der Waals surface area contributed by atoms with Crippen LogP contribution in [0.25, 0.3) is 0 Å². The Hall–Kier alpha value is -3.04. The standard InChI is InChI=1S/C14H11FN4O/c1-9(2)20-14-11(15)4-3-5-12(14)19-13(8-18)10(6-16)7-17/h3-5,9,19H,1-2H3. The van der Waals surface area contributed by atoms with Crippen LogP contribution in [0.1, 0.15) is 13.8 Å². The highest BCUT2D eigenvalue weighted by molar-refractivity contribution is 5.64. The van der Waals surface area contributed by atoms with Gasteiger partial charge >= 0.3 is 0 Å². The molecule has 0 amide bonds. The van der Waals surface area contributed by atoms with Crippen molar-refractivity contribution in [3.8, 4) is 24.0 Å². The maximum Gasteiger partial charge on any atom is 0.178 e. The molecule has 0 aliphatic carbocycles. The average Bonchev–Trinajstić information content (AvgIpc) is 2.42. The van der Waals surface area contributed by atoms with Gasteiger partial charge in [-0.05, 0) is 26.0 Å². The Balaban J connectivity index is 3.27. The second-order valence-electron chi connectivity index (χ2n) is 3.99. The van der Waals surface area contributed by atoms with Gasteiger partial charge in [-0.1, -0.05) is 6.07 Å². The highest BCUT2D eigenvalue weighted by Gasteiger charge is 2.14. The normalized spacial score (nSPS) is 9.05. The number of benzene rings is 1. The predicted molar refractivity (Wildman–Crippen MR) is 69.7 cm³/mol. The van der Waals surface area contributed by atoms with E-state index in [1.807, 2.05) is 0 Å². The summed E-state index contributed by atoms with van der Waals surface area (Å²) in [4.78, 5) is 0. The first-order valence-corrected chi connectivity index (χ1v) is 5.70. The lowest BCUT2D eigenvalue weighted by Crippen LogP contribution is -2.10. The van der Waals surface area contributed by atoms with Crippen LogP contribution >= 0.6 is 0 Å². The van der Waals surface area contributed by atoms with Crippen LogP contribution < -0.4 is 10.1 Å². The largest absolute Gasteiger partial charge is 0.486 e. The molecule has 0 fully saturated rings. The van der Waals surface area contributed by atoms with E-state index in [2.05, 4.69) is 5.32 Å². The lowest BCUT2D eigenvalue weighted by Gasteiger charge is -2.15. The molecule has 0 saturated heterocycles. The van der Waals surface area contributed by atoms with Crippen LogP contribution in [-0.2, 0) is 0 Å². The molecule has 0 aliphatic heterocycles. The molecule has 100 valence electrons. The number of rotatable bonds is 4. The Morgan fingerprint density at radius 1 is 1.20 bits per heavy atom. The summed E-state index contributed by atoms with van der Waals surface area (Å²) in [5.41, 5.74) is -0.459. The van der Waals surface area contributed by atoms with Crippen LogP contribution in [0.2, 0.25) is 0 Å². The van der Waals surface area contributed by atoms with Gasteiger partial charge in [-0.3, -0.25) is 0 Å². The molecule has 1 aromatic carbocycles. The van der Waals surface area contributed by atoms with Crippen molar-refractivity contribution in [1.29, 1.82) is 15.8 Å². The summed E-state index contributed by atoms with van der Waals surface area (Å²) >= 11 is 0. The number of nitrogens with zero attached hydrogens (tertiary/aromatic N) is 3. The van der Waals surface area contributed by atoms with E-state index >= 15 is 0 Å². The highest BCUT2D eigenvalue weighted by atomic mass is 19.1. The van der Waals surface area contributed by atoms with Crippen LogP contribution in [0.15, 0.2) is 29.5 Å². The molecule has 6 heteroatoms. The van der Waals surface area contributed by atoms with Crippen molar-refractivity contribution in [2.75, 3.05) is 5.32 Å². The molecule has 1 N–H and O–H groups in total. The Kier molecular flexibility index (Phi) is 5.09. The first-order valence-electron chi connectivity index (χ1n) is 5.70. The summed E-state index contributed by atoms with van der Waals surface area (Å²) in [7, 11) is 0. The Morgan fingerprint density at radius 2 is 1.85 bits per heavy atom. The van der Waals surface area contributed by atoms with Gasteiger partial charge in [0.15, 0.2) is 17.1 Å². The van der Waals surface area contributed by atoms with Gasteiger partial charge in [0.05, 0.1) is 11.8 Å². The lowest BCUT2D eigenvalue weighted by atomic mass is 10.2. The van der Waals surface area contributed by atoms with Crippen LogP contribution in [0.4, 0.5) is 10.1 Å². The SMILES string of the molecule is CC(C)Oc1c(F)cccc1NC(C#N)=C(C#N)C#N. The fourth-order valence-electron chi connectivity index (χ4n) is 1.38. The predicted octanol–water partition coefficient (Wildman–Crippen LogP) is 2.85. The number of hydrogen-bond acceptors (Lipinski definition) is 5. The molecular weight excluding hydrogens is 259 g/mol. The van der Waals surface area contributed by atoms with Gasteiger partial charge < -0.3 is 10.1 Å². The third kappa shape index (κ3) is 3.48. The zero-order valence-corrected chi connectivity index (χ0v) is 10.9. The maximum atomic E-state index is 13.7. The van der Waals surface area contributed by atoms with E-state index < -0.39 is 5.82 Å². The number of nitrogens with one attached hydrogen (secondary N) is 1. The second-order valence-corrected chi connectivity index (χ2v) is 3.99. The fraction of sp³-hybridized carbons (Fsp3) is 0.214. The summed E-state index contributed by atoms with van der Waals surface area (Å²) in [5, 5.41) is 29.0. The topological polar surface area (TPSA) is 92.6 Å². The zero-order chi connectivity index (χ0) is 15.1. The Morgan fingerprint density at radius 3 is 2.35 bits per heavy atom. The molecule has 0 atom stereocenters. The number of para-hydroxylation sites is 1. The fourth-order valence-corrected chi connectivity index (χ4v) is 1.38. The summed E-state index contributed by atoms with van der Waals surface area (Å²) in [6, 6.07) is 9.03. The van der Waals surface area contributed by atoms with Crippen molar-refractivity contribution in [1.82, 2.24) is 0 Å². The minimum Gasteiger partial charge on any atom is -0.486 e. The van der Waals surface area contributed by atoms with Crippen molar-refractivity contribution < 1.29 is 9.13 Å². The molecule has 1 aromatic rings. The van der Waals surface area contributed by atoms with Crippen LogP contribution in [0.3, 0.4) is 0 Å². The molecule has 0 spiro atoms. The molecular formula is C14H11FN4O. The van der Waals surface area contributed by atoms with Gasteiger partial charge in [-0.15, -0.1) is 0 Å². The minimum atomic E-state index is -0.601. The summed E-state index contributed by atoms with van der Waals surface area (Å²) in [6.45, 7) is 3.46. The molecule has 20 heavy (non-hydrogen) atoms. The second kappa shape index (κ2) is 6.78. The molecule has 0 bridgehead atoms. The maximum absolute atomic E-state index is 13.7. The first-order chi connectivity index (χ1) is 9.53. The number of nitriles is 3. The van der Waals surface area contributed by atoms with Gasteiger partial charge in [0.1, 0.15) is 23.9 Å². The van der Waals surface area contributed by atoms with Crippen molar-refractivity contribution in [3.63, 3.8) is 0 Å². The number of allylic oxidation sites excluding steroid dienone is 2. The van der Waals surface area contributed by atoms with E-state index in [0.717, 1.165) is 0 Å². The van der Waals surface area contributed by atoms with E-state index in [1.165, 1.54) is 18.2 Å². The molecule has 0 heterocycles. The Bertz CT molecular complexity index is 643. The summed E-state index contributed by atoms with van der Waals surface area (Å²) in [6.07, 6.45) is -0.270. The van der Waals surface area contributed by atoms with E-state index in [1.54, 1.807) is 32.1 Å². The number of hydrogen-bond donors (Lipinski definition) is 1. The lowest BCUT2D eigenvalue weighted by molar-refractivity contribution is 0.232. The van der Waals surface area contributed by atoms with Crippen LogP contribution in [0.5, 0.6) is 5.75 Å². The van der Waals surface area contributed by atoms with Crippen LogP contribution in [-0.4, -0.2) is 6.10 Å². The minimum absolute atomic E-state index is 0.0644. The van der Waals surface area contributed by atoms with Crippen molar-refractivity contribution in [2.24, 2.45) is 0 Å². The smallest absolute Gasteiger partial charge is 0.178 e. The van der Waals surface area contributed by atoms with E-state index in [0.29, 0.717) is 0 Å². The number of anilines is 1. The monoisotopic (exact) mass is 270 g/mol. The average molecular weight is 270 g/mol. The molecule has 0 aromatic heterocycles. The van der Waals surface area contributed by atoms with Crippen molar-refractivity contribution in [2.45, 2.75) is 20.0 Å². The van der Waals surface area contributed by atoms with Gasteiger partial charge in [0, 0.05) is 0 Å². The summed E-state index contributed by atoms with van der Waals surface area (Å²) in [5.74, 6) is -0.665. The van der Waals surface area contributed by atoms with Crippen molar-refractivity contribution >= 4 is 5.69 Å². The van der Waals surface area contributed by atoms with E-state index in [9.17, 15) is 4.39 Å². The van der Waals surface area contributed by atoms with E-state index in [4.69, 9.17) is 20.5 Å². The van der Waals surface area contributed by atoms with Gasteiger partial charge in [-0.2, -0.15) is 15.8 Å². The third-order valence-corrected chi connectivity index (χ3v) is 2.17. The third-order valence-electron chi connectivity index (χ3n) is 2.17. The Labute approximate surface area is 116 Å².